The third-order valence-corrected chi connectivity index (χ3v) is 17.1. The molecule has 98 heavy (non-hydrogen) atoms. The Labute approximate surface area is 560 Å². The van der Waals surface area contributed by atoms with Crippen LogP contribution in [0.5, 0.6) is 34.5 Å². The summed E-state index contributed by atoms with van der Waals surface area (Å²) in [7, 11) is 0. The monoisotopic (exact) mass is 1280 g/mol. The number of fused-ring (bicyclic) bond motifs is 3. The molecule has 0 spiro atoms. The zero-order valence-electron chi connectivity index (χ0n) is 51.9. The summed E-state index contributed by atoms with van der Waals surface area (Å²) >= 11 is 0. The molecule has 6 amide bonds. The van der Waals surface area contributed by atoms with Crippen LogP contribution >= 0.6 is 0 Å². The third kappa shape index (κ3) is 11.8. The van der Waals surface area contributed by atoms with Crippen LogP contribution in [0, 0.1) is 0 Å². The van der Waals surface area contributed by atoms with E-state index < -0.39 is 5.41 Å². The first-order chi connectivity index (χ1) is 47.9. The van der Waals surface area contributed by atoms with Crippen molar-refractivity contribution < 1.29 is 43.0 Å². The molecule has 0 saturated carbocycles. The second kappa shape index (κ2) is 25.6. The predicted molar refractivity (Wildman–Crippen MR) is 369 cm³/mol. The van der Waals surface area contributed by atoms with Gasteiger partial charge in [-0.3, -0.25) is 28.8 Å². The molecule has 0 saturated heterocycles. The van der Waals surface area contributed by atoms with Gasteiger partial charge in [0, 0.05) is 5.41 Å². The number of hydrogen-bond acceptors (Lipinski definition) is 15. The van der Waals surface area contributed by atoms with Crippen LogP contribution in [0.4, 0.5) is 51.2 Å². The van der Waals surface area contributed by atoms with E-state index in [1.165, 1.54) is 0 Å². The van der Waals surface area contributed by atoms with Gasteiger partial charge >= 0.3 is 0 Å². The number of anilines is 3. The van der Waals surface area contributed by atoms with E-state index in [0.717, 1.165) is 31.4 Å². The van der Waals surface area contributed by atoms with Gasteiger partial charge in [-0.2, -0.15) is 30.7 Å². The Hall–Kier alpha value is -13.7. The Morgan fingerprint density at radius 2 is 0.388 bits per heavy atom. The van der Waals surface area contributed by atoms with Crippen molar-refractivity contribution in [2.45, 2.75) is 12.3 Å². The molecular formula is C80H51N9O9. The van der Waals surface area contributed by atoms with Crippen LogP contribution < -0.4 is 28.9 Å². The van der Waals surface area contributed by atoms with Crippen molar-refractivity contribution in [1.29, 1.82) is 0 Å². The van der Waals surface area contributed by atoms with Gasteiger partial charge in [-0.15, -0.1) is 0 Å². The zero-order valence-corrected chi connectivity index (χ0v) is 51.9. The quantitative estimate of drug-likeness (QED) is 0.0453. The predicted octanol–water partition coefficient (Wildman–Crippen LogP) is 20.1. The lowest BCUT2D eigenvalue weighted by atomic mass is 9.71. The maximum Gasteiger partial charge on any atom is 0.266 e. The highest BCUT2D eigenvalue weighted by Crippen LogP contribution is 2.43. The van der Waals surface area contributed by atoms with E-state index in [0.29, 0.717) is 119 Å². The number of rotatable bonds is 18. The molecule has 0 unspecified atom stereocenters. The van der Waals surface area contributed by atoms with Crippen molar-refractivity contribution in [3.8, 4) is 34.5 Å². The fourth-order valence-corrected chi connectivity index (χ4v) is 11.8. The molecule has 15 rings (SSSR count). The third-order valence-electron chi connectivity index (χ3n) is 17.1. The SMILES string of the molecule is CC(c1ccc(Oc2ccc(/N=N/c3ccc(N4C(=O)c5ccccc5C4=O)cc3)cc2)cc1)(c1ccc(Oc2ccc(/N=N/c3ccc(N4C(=O)c5ccccc5C4=O)cc3)cc2)cc1)c1ccc(Oc2ccc(/N=N/c3ccc(N4C(=O)c5ccccc5C4=O)cc3)cc2)cc1. The summed E-state index contributed by atoms with van der Waals surface area (Å²) in [6, 6.07) is 86.1. The van der Waals surface area contributed by atoms with Crippen LogP contribution in [0.1, 0.15) is 85.8 Å². The first-order valence-corrected chi connectivity index (χ1v) is 31.0. The molecule has 0 aliphatic carbocycles. The van der Waals surface area contributed by atoms with Gasteiger partial charge in [-0.25, -0.2) is 14.7 Å². The Balaban J connectivity index is 0.617. The van der Waals surface area contributed by atoms with Gasteiger partial charge in [0.2, 0.25) is 0 Å². The Morgan fingerprint density at radius 1 is 0.224 bits per heavy atom. The maximum atomic E-state index is 13.0. The first kappa shape index (κ1) is 60.5. The minimum atomic E-state index is -0.707. The van der Waals surface area contributed by atoms with Crippen molar-refractivity contribution in [3.05, 3.63) is 341 Å². The molecule has 18 nitrogen and oxygen atoms in total. The van der Waals surface area contributed by atoms with Crippen LogP contribution in [0.2, 0.25) is 0 Å². The fourth-order valence-electron chi connectivity index (χ4n) is 11.8. The fraction of sp³-hybridized carbons (Fsp3) is 0.0250. The van der Waals surface area contributed by atoms with Crippen molar-refractivity contribution >= 4 is 86.6 Å². The van der Waals surface area contributed by atoms with E-state index in [-0.39, 0.29) is 35.4 Å². The van der Waals surface area contributed by atoms with E-state index in [4.69, 9.17) is 14.2 Å². The number of azo groups is 3. The molecule has 3 aliphatic rings. The lowest BCUT2D eigenvalue weighted by Crippen LogP contribution is -2.29. The number of nitrogens with zero attached hydrogens (tertiary/aromatic N) is 9. The minimum Gasteiger partial charge on any atom is -0.457 e. The highest BCUT2D eigenvalue weighted by atomic mass is 16.5. The van der Waals surface area contributed by atoms with Gasteiger partial charge in [-0.05, 0) is 242 Å². The van der Waals surface area contributed by atoms with E-state index >= 15 is 0 Å². The highest BCUT2D eigenvalue weighted by Gasteiger charge is 2.39. The van der Waals surface area contributed by atoms with Gasteiger partial charge in [0.05, 0.1) is 84.6 Å². The van der Waals surface area contributed by atoms with Crippen LogP contribution in [0.25, 0.3) is 0 Å². The molecule has 3 heterocycles. The zero-order chi connectivity index (χ0) is 66.9. The Kier molecular flexibility index (Phi) is 15.8. The number of ether oxygens (including phenoxy) is 3. The standard InChI is InChI=1S/C80H51N9O9/c1-80(50-14-38-62(39-15-50)96-65-44-26-56(27-45-65)84-81-53-20-32-59(33-21-53)87-74(90)68-8-2-3-9-69(68)75(87)91,51-16-40-63(41-17-51)97-66-46-28-57(29-47-66)85-82-54-22-34-60(35-23-54)88-76(92)70-10-4-5-11-71(70)77(88)93)52-18-42-64(43-19-52)98-67-48-30-58(31-49-67)86-83-55-24-36-61(37-25-55)89-78(94)72-12-6-7-13-73(72)79(89)95/h2-49H,1H3/b84-81+,85-82+,86-83+. The van der Waals surface area contributed by atoms with E-state index in [1.54, 1.807) is 182 Å². The van der Waals surface area contributed by atoms with E-state index in [9.17, 15) is 28.8 Å². The lowest BCUT2D eigenvalue weighted by molar-refractivity contribution is 0.0910. The molecule has 470 valence electrons. The van der Waals surface area contributed by atoms with Gasteiger partial charge in [0.25, 0.3) is 35.4 Å². The molecule has 12 aromatic rings. The summed E-state index contributed by atoms with van der Waals surface area (Å²) in [5.41, 5.74) is 9.22. The van der Waals surface area contributed by atoms with E-state index in [2.05, 4.69) is 37.6 Å². The summed E-state index contributed by atoms with van der Waals surface area (Å²) in [6.45, 7) is 2.16. The smallest absolute Gasteiger partial charge is 0.266 e. The van der Waals surface area contributed by atoms with Crippen molar-refractivity contribution in [3.63, 3.8) is 0 Å². The summed E-state index contributed by atoms with van der Waals surface area (Å²) in [5.74, 6) is 1.42. The number of imide groups is 3. The molecule has 0 fully saturated rings. The van der Waals surface area contributed by atoms with Crippen LogP contribution in [-0.2, 0) is 5.41 Å². The number of amides is 6. The van der Waals surface area contributed by atoms with Gasteiger partial charge < -0.3 is 14.2 Å². The molecular weight excluding hydrogens is 1230 g/mol. The first-order valence-electron chi connectivity index (χ1n) is 31.0. The Morgan fingerprint density at radius 3 is 0.571 bits per heavy atom. The minimum absolute atomic E-state index is 0.366. The molecule has 0 N–H and O–H groups in total. The molecule has 0 bridgehead atoms. The number of hydrogen-bond donors (Lipinski definition) is 0. The van der Waals surface area contributed by atoms with Crippen LogP contribution in [0.3, 0.4) is 0 Å². The summed E-state index contributed by atoms with van der Waals surface area (Å²) < 4.78 is 19.0. The lowest BCUT2D eigenvalue weighted by Gasteiger charge is -2.32. The summed E-state index contributed by atoms with van der Waals surface area (Å²) in [4.78, 5) is 81.5. The van der Waals surface area contributed by atoms with Crippen molar-refractivity contribution in [2.24, 2.45) is 30.7 Å². The van der Waals surface area contributed by atoms with E-state index in [1.807, 2.05) is 109 Å². The molecule has 0 radical (unpaired) electrons. The summed E-state index contributed by atoms with van der Waals surface area (Å²) in [6.07, 6.45) is 0. The molecule has 0 aromatic heterocycles. The summed E-state index contributed by atoms with van der Waals surface area (Å²) in [5, 5.41) is 26.3. The maximum absolute atomic E-state index is 13.0. The number of benzene rings is 12. The second-order valence-electron chi connectivity index (χ2n) is 23.1. The van der Waals surface area contributed by atoms with Gasteiger partial charge in [0.15, 0.2) is 0 Å². The van der Waals surface area contributed by atoms with Crippen molar-refractivity contribution in [2.75, 3.05) is 14.7 Å². The molecule has 18 heteroatoms. The normalized spacial score (nSPS) is 13.5. The van der Waals surface area contributed by atoms with Crippen LogP contribution in [-0.4, -0.2) is 35.4 Å². The largest absolute Gasteiger partial charge is 0.457 e. The average molecular weight is 1280 g/mol. The number of carbonyl (C=O) groups excluding carboxylic acids is 6. The molecule has 12 aromatic carbocycles. The van der Waals surface area contributed by atoms with Gasteiger partial charge in [-0.1, -0.05) is 72.8 Å². The Bertz CT molecular complexity index is 4590. The topological polar surface area (TPSA) is 214 Å². The highest BCUT2D eigenvalue weighted by molar-refractivity contribution is 6.36. The van der Waals surface area contributed by atoms with Crippen molar-refractivity contribution in [1.82, 2.24) is 0 Å². The second-order valence-corrected chi connectivity index (χ2v) is 23.1. The molecule has 0 atom stereocenters. The molecule has 3 aliphatic heterocycles. The number of carbonyl (C=O) groups is 6. The average Bonchev–Trinajstić information content (AvgIpc) is 0.910. The van der Waals surface area contributed by atoms with Crippen LogP contribution in [0.15, 0.2) is 322 Å². The van der Waals surface area contributed by atoms with Gasteiger partial charge in [0.1, 0.15) is 34.5 Å².